The minimum Gasteiger partial charge on any atom is -0.545 e. The number of carboxylic acid groups (broad SMARTS) is 1. The summed E-state index contributed by atoms with van der Waals surface area (Å²) in [6, 6.07) is 11.7. The highest BCUT2D eigenvalue weighted by molar-refractivity contribution is 6.20. The molecule has 0 unspecified atom stereocenters. The number of hydrogen-bond donors (Lipinski definition) is 1. The van der Waals surface area contributed by atoms with Crippen molar-refractivity contribution in [2.45, 2.75) is 12.8 Å². The number of rotatable bonds is 4. The summed E-state index contributed by atoms with van der Waals surface area (Å²) in [5.74, 6) is -2.20. The fraction of sp³-hybridized carbons (Fsp3) is 0.111. The van der Waals surface area contributed by atoms with E-state index in [4.69, 9.17) is 0 Å². The van der Waals surface area contributed by atoms with Crippen LogP contribution in [0.25, 0.3) is 0 Å². The zero-order chi connectivity index (χ0) is 18.0. The third-order valence-corrected chi connectivity index (χ3v) is 3.82. The summed E-state index contributed by atoms with van der Waals surface area (Å²) >= 11 is 0. The van der Waals surface area contributed by atoms with Crippen molar-refractivity contribution in [2.75, 3.05) is 10.2 Å². The topological polar surface area (TPSA) is 107 Å². The van der Waals surface area contributed by atoms with Gasteiger partial charge in [0.25, 0.3) is 5.91 Å². The summed E-state index contributed by atoms with van der Waals surface area (Å²) in [6.07, 6.45) is 0.395. The number of benzene rings is 2. The van der Waals surface area contributed by atoms with E-state index in [0.29, 0.717) is 16.9 Å². The molecule has 2 aromatic rings. The van der Waals surface area contributed by atoms with Crippen LogP contribution in [0.15, 0.2) is 48.5 Å². The van der Waals surface area contributed by atoms with Crippen molar-refractivity contribution in [3.05, 3.63) is 59.7 Å². The maximum absolute atomic E-state index is 12.2. The molecule has 1 N–H and O–H groups in total. The number of carboxylic acids is 1. The lowest BCUT2D eigenvalue weighted by Gasteiger charge is -2.14. The molecule has 1 heterocycles. The van der Waals surface area contributed by atoms with Gasteiger partial charge in [-0.25, -0.2) is 0 Å². The van der Waals surface area contributed by atoms with Crippen LogP contribution in [0.5, 0.6) is 0 Å². The zero-order valence-electron chi connectivity index (χ0n) is 13.0. The Morgan fingerprint density at radius 1 is 0.840 bits per heavy atom. The molecule has 7 heteroatoms. The molecule has 1 fully saturated rings. The standard InChI is InChI=1S/C18H14N2O5/c21-15-9-10-16(22)20(15)14-7-3-11(4-8-14)17(23)19-13-5-1-12(2-6-13)18(24)25/h1-8H,9-10H2,(H,19,23)(H,24,25)/p-1. The number of carbonyl (C=O) groups is 4. The van der Waals surface area contributed by atoms with Gasteiger partial charge in [-0.15, -0.1) is 0 Å². The minimum atomic E-state index is -1.29. The van der Waals surface area contributed by atoms with Gasteiger partial charge in [0.05, 0.1) is 11.7 Å². The van der Waals surface area contributed by atoms with E-state index in [9.17, 15) is 24.3 Å². The minimum absolute atomic E-state index is 0.0160. The molecule has 1 aliphatic rings. The van der Waals surface area contributed by atoms with E-state index >= 15 is 0 Å². The van der Waals surface area contributed by atoms with Crippen LogP contribution in [0.2, 0.25) is 0 Å². The zero-order valence-corrected chi connectivity index (χ0v) is 13.0. The molecule has 0 radical (unpaired) electrons. The monoisotopic (exact) mass is 337 g/mol. The van der Waals surface area contributed by atoms with Gasteiger partial charge in [0.2, 0.25) is 11.8 Å². The van der Waals surface area contributed by atoms with E-state index in [-0.39, 0.29) is 30.2 Å². The Hall–Kier alpha value is -3.48. The smallest absolute Gasteiger partial charge is 0.255 e. The van der Waals surface area contributed by atoms with Crippen LogP contribution in [-0.4, -0.2) is 23.7 Å². The fourth-order valence-corrected chi connectivity index (χ4v) is 2.52. The number of anilines is 2. The molecule has 1 aliphatic heterocycles. The molecule has 0 aliphatic carbocycles. The number of carbonyl (C=O) groups excluding carboxylic acids is 4. The molecule has 3 rings (SSSR count). The molecule has 1 saturated heterocycles. The second kappa shape index (κ2) is 6.56. The van der Waals surface area contributed by atoms with Gasteiger partial charge in [0.15, 0.2) is 0 Å². The molecule has 0 atom stereocenters. The fourth-order valence-electron chi connectivity index (χ4n) is 2.52. The van der Waals surface area contributed by atoms with Crippen LogP contribution in [0, 0.1) is 0 Å². The molecule has 126 valence electrons. The number of hydrogen-bond acceptors (Lipinski definition) is 5. The molecule has 0 bridgehead atoms. The molecular weight excluding hydrogens is 324 g/mol. The molecular formula is C18H13N2O5-. The lowest BCUT2D eigenvalue weighted by molar-refractivity contribution is -0.255. The summed E-state index contributed by atoms with van der Waals surface area (Å²) in [6.45, 7) is 0. The molecule has 0 saturated carbocycles. The van der Waals surface area contributed by atoms with Crippen LogP contribution >= 0.6 is 0 Å². The van der Waals surface area contributed by atoms with E-state index in [1.165, 1.54) is 48.5 Å². The summed E-state index contributed by atoms with van der Waals surface area (Å²) in [5.41, 5.74) is 1.22. The van der Waals surface area contributed by atoms with E-state index in [2.05, 4.69) is 5.32 Å². The predicted molar refractivity (Wildman–Crippen MR) is 86.9 cm³/mol. The van der Waals surface area contributed by atoms with E-state index in [1.54, 1.807) is 0 Å². The Bertz CT molecular complexity index is 840. The first-order valence-corrected chi connectivity index (χ1v) is 7.54. The van der Waals surface area contributed by atoms with Gasteiger partial charge in [-0.05, 0) is 42.0 Å². The summed E-state index contributed by atoms with van der Waals surface area (Å²) in [4.78, 5) is 47.4. The van der Waals surface area contributed by atoms with Crippen molar-refractivity contribution in [1.29, 1.82) is 0 Å². The van der Waals surface area contributed by atoms with Crippen molar-refractivity contribution in [3.63, 3.8) is 0 Å². The summed E-state index contributed by atoms with van der Waals surface area (Å²) in [7, 11) is 0. The predicted octanol–water partition coefficient (Wildman–Crippen LogP) is 0.956. The lowest BCUT2D eigenvalue weighted by atomic mass is 10.1. The van der Waals surface area contributed by atoms with Crippen molar-refractivity contribution >= 4 is 35.1 Å². The Morgan fingerprint density at radius 2 is 1.36 bits per heavy atom. The Kier molecular flexibility index (Phi) is 4.30. The van der Waals surface area contributed by atoms with Crippen molar-refractivity contribution in [2.24, 2.45) is 0 Å². The van der Waals surface area contributed by atoms with Crippen LogP contribution < -0.4 is 15.3 Å². The van der Waals surface area contributed by atoms with Crippen molar-refractivity contribution in [1.82, 2.24) is 0 Å². The highest BCUT2D eigenvalue weighted by Crippen LogP contribution is 2.23. The summed E-state index contributed by atoms with van der Waals surface area (Å²) < 4.78 is 0. The molecule has 25 heavy (non-hydrogen) atoms. The Balaban J connectivity index is 1.71. The second-order valence-corrected chi connectivity index (χ2v) is 5.49. The first-order valence-electron chi connectivity index (χ1n) is 7.54. The van der Waals surface area contributed by atoms with Crippen LogP contribution in [0.3, 0.4) is 0 Å². The lowest BCUT2D eigenvalue weighted by Crippen LogP contribution is -2.28. The molecule has 0 aromatic heterocycles. The average Bonchev–Trinajstić information content (AvgIpc) is 2.94. The van der Waals surface area contributed by atoms with E-state index in [0.717, 1.165) is 4.90 Å². The molecule has 0 spiro atoms. The van der Waals surface area contributed by atoms with Crippen molar-refractivity contribution < 1.29 is 24.3 Å². The number of aromatic carboxylic acids is 1. The number of nitrogens with zero attached hydrogens (tertiary/aromatic N) is 1. The van der Waals surface area contributed by atoms with Gasteiger partial charge < -0.3 is 15.2 Å². The Morgan fingerprint density at radius 3 is 1.88 bits per heavy atom. The van der Waals surface area contributed by atoms with E-state index < -0.39 is 11.9 Å². The van der Waals surface area contributed by atoms with Crippen LogP contribution in [0.4, 0.5) is 11.4 Å². The third kappa shape index (κ3) is 3.40. The molecule has 3 amide bonds. The van der Waals surface area contributed by atoms with Gasteiger partial charge in [-0.2, -0.15) is 0 Å². The second-order valence-electron chi connectivity index (χ2n) is 5.49. The van der Waals surface area contributed by atoms with Gasteiger partial charge in [-0.3, -0.25) is 19.3 Å². The SMILES string of the molecule is O=C([O-])c1ccc(NC(=O)c2ccc(N3C(=O)CCC3=O)cc2)cc1. The Labute approximate surface area is 142 Å². The van der Waals surface area contributed by atoms with E-state index in [1.807, 2.05) is 0 Å². The number of imide groups is 1. The van der Waals surface area contributed by atoms with Gasteiger partial charge in [0, 0.05) is 24.1 Å². The van der Waals surface area contributed by atoms with Crippen LogP contribution in [-0.2, 0) is 9.59 Å². The average molecular weight is 337 g/mol. The highest BCUT2D eigenvalue weighted by Gasteiger charge is 2.30. The van der Waals surface area contributed by atoms with Gasteiger partial charge in [0.1, 0.15) is 0 Å². The summed E-state index contributed by atoms with van der Waals surface area (Å²) in [5, 5.41) is 13.3. The highest BCUT2D eigenvalue weighted by atomic mass is 16.4. The third-order valence-electron chi connectivity index (χ3n) is 3.82. The first kappa shape index (κ1) is 16.4. The number of amides is 3. The normalized spacial score (nSPS) is 13.8. The largest absolute Gasteiger partial charge is 0.545 e. The first-order chi connectivity index (χ1) is 12.0. The molecule has 7 nitrogen and oxygen atoms in total. The van der Waals surface area contributed by atoms with Gasteiger partial charge in [-0.1, -0.05) is 12.1 Å². The van der Waals surface area contributed by atoms with Crippen LogP contribution in [0.1, 0.15) is 33.6 Å². The van der Waals surface area contributed by atoms with Crippen molar-refractivity contribution in [3.8, 4) is 0 Å². The maximum atomic E-state index is 12.2. The number of nitrogens with one attached hydrogen (secondary N) is 1. The quantitative estimate of drug-likeness (QED) is 0.836. The van der Waals surface area contributed by atoms with Gasteiger partial charge >= 0.3 is 0 Å². The molecule has 2 aromatic carbocycles. The maximum Gasteiger partial charge on any atom is 0.255 e.